The maximum Gasteiger partial charge on any atom is 0.315 e. The van der Waals surface area contributed by atoms with E-state index < -0.39 is 0 Å². The summed E-state index contributed by atoms with van der Waals surface area (Å²) in [6, 6.07) is 1.94. The highest BCUT2D eigenvalue weighted by atomic mass is 16.5. The van der Waals surface area contributed by atoms with Gasteiger partial charge >= 0.3 is 6.03 Å². The van der Waals surface area contributed by atoms with E-state index in [9.17, 15) is 4.79 Å². The van der Waals surface area contributed by atoms with Gasteiger partial charge in [0, 0.05) is 44.7 Å². The van der Waals surface area contributed by atoms with Crippen LogP contribution in [0.25, 0.3) is 0 Å². The van der Waals surface area contributed by atoms with Crippen LogP contribution in [-0.4, -0.2) is 54.4 Å². The number of rotatable bonds is 4. The van der Waals surface area contributed by atoms with Crippen LogP contribution in [0.1, 0.15) is 25.7 Å². The van der Waals surface area contributed by atoms with Gasteiger partial charge in [-0.25, -0.2) is 14.8 Å². The molecule has 1 aromatic rings. The number of hydrogen-bond acceptors (Lipinski definition) is 5. The van der Waals surface area contributed by atoms with Crippen molar-refractivity contribution in [3.8, 4) is 0 Å². The molecule has 7 heteroatoms. The largest absolute Gasteiger partial charge is 0.376 e. The van der Waals surface area contributed by atoms with Crippen LogP contribution in [0.2, 0.25) is 0 Å². The number of ether oxygens (including phenoxy) is 1. The second kappa shape index (κ2) is 7.40. The third-order valence-electron chi connectivity index (χ3n) is 4.18. The van der Waals surface area contributed by atoms with Crippen molar-refractivity contribution in [2.45, 2.75) is 37.8 Å². The minimum Gasteiger partial charge on any atom is -0.376 e. The number of urea groups is 1. The van der Waals surface area contributed by atoms with E-state index in [-0.39, 0.29) is 18.2 Å². The molecule has 1 atom stereocenters. The van der Waals surface area contributed by atoms with Crippen molar-refractivity contribution in [3.63, 3.8) is 0 Å². The van der Waals surface area contributed by atoms with Crippen molar-refractivity contribution in [1.29, 1.82) is 0 Å². The summed E-state index contributed by atoms with van der Waals surface area (Å²) >= 11 is 0. The standard InChI is InChI=1S/C15H23N5O2/c21-15(18-11-13-3-1-10-22-13)19-12-4-8-20(9-5-12)14-16-6-2-7-17-14/h2,6-7,12-13H,1,3-5,8-11H2,(H2,18,19,21)/t13-/m1/s1. The van der Waals surface area contributed by atoms with Gasteiger partial charge in [-0.15, -0.1) is 0 Å². The zero-order chi connectivity index (χ0) is 15.2. The van der Waals surface area contributed by atoms with E-state index in [1.165, 1.54) is 0 Å². The number of carbonyl (C=O) groups is 1. The van der Waals surface area contributed by atoms with Crippen LogP contribution in [0, 0.1) is 0 Å². The number of carbonyl (C=O) groups excluding carboxylic acids is 1. The molecule has 2 fully saturated rings. The zero-order valence-corrected chi connectivity index (χ0v) is 12.7. The molecule has 0 saturated carbocycles. The predicted octanol–water partition coefficient (Wildman–Crippen LogP) is 0.924. The molecule has 0 spiro atoms. The summed E-state index contributed by atoms with van der Waals surface area (Å²) in [6.07, 6.45) is 7.64. The van der Waals surface area contributed by atoms with Crippen molar-refractivity contribution < 1.29 is 9.53 Å². The molecule has 2 aliphatic rings. The maximum absolute atomic E-state index is 11.9. The van der Waals surface area contributed by atoms with Gasteiger partial charge in [-0.05, 0) is 31.7 Å². The minimum absolute atomic E-state index is 0.0927. The summed E-state index contributed by atoms with van der Waals surface area (Å²) in [5, 5.41) is 5.94. The average molecular weight is 305 g/mol. The van der Waals surface area contributed by atoms with E-state index in [1.54, 1.807) is 12.4 Å². The van der Waals surface area contributed by atoms with Gasteiger partial charge in [-0.3, -0.25) is 0 Å². The average Bonchev–Trinajstić information content (AvgIpc) is 3.08. The van der Waals surface area contributed by atoms with Crippen LogP contribution < -0.4 is 15.5 Å². The summed E-state index contributed by atoms with van der Waals surface area (Å²) in [4.78, 5) is 22.6. The molecule has 3 heterocycles. The molecule has 0 aliphatic carbocycles. The summed E-state index contributed by atoms with van der Waals surface area (Å²) in [5.41, 5.74) is 0. The highest BCUT2D eigenvalue weighted by molar-refractivity contribution is 5.74. The van der Waals surface area contributed by atoms with E-state index in [0.717, 1.165) is 51.3 Å². The number of aromatic nitrogens is 2. The SMILES string of the molecule is O=C(NC[C@H]1CCCO1)NC1CCN(c2ncccn2)CC1. The van der Waals surface area contributed by atoms with Crippen LogP contribution in [0.3, 0.4) is 0 Å². The van der Waals surface area contributed by atoms with Gasteiger partial charge in [0.1, 0.15) is 0 Å². The molecule has 0 unspecified atom stereocenters. The second-order valence-corrected chi connectivity index (χ2v) is 5.80. The van der Waals surface area contributed by atoms with Crippen molar-refractivity contribution in [3.05, 3.63) is 18.5 Å². The van der Waals surface area contributed by atoms with E-state index >= 15 is 0 Å². The molecule has 2 aliphatic heterocycles. The van der Waals surface area contributed by atoms with E-state index in [0.29, 0.717) is 6.54 Å². The second-order valence-electron chi connectivity index (χ2n) is 5.80. The van der Waals surface area contributed by atoms with E-state index in [2.05, 4.69) is 25.5 Å². The first-order chi connectivity index (χ1) is 10.8. The quantitative estimate of drug-likeness (QED) is 0.865. The highest BCUT2D eigenvalue weighted by Crippen LogP contribution is 2.15. The van der Waals surface area contributed by atoms with Crippen molar-refractivity contribution in [1.82, 2.24) is 20.6 Å². The number of anilines is 1. The molecule has 7 nitrogen and oxygen atoms in total. The lowest BCUT2D eigenvalue weighted by Crippen LogP contribution is -2.49. The number of hydrogen-bond donors (Lipinski definition) is 2. The smallest absolute Gasteiger partial charge is 0.315 e. The van der Waals surface area contributed by atoms with E-state index in [1.807, 2.05) is 6.07 Å². The lowest BCUT2D eigenvalue weighted by atomic mass is 10.1. The molecular formula is C15H23N5O2. The zero-order valence-electron chi connectivity index (χ0n) is 12.7. The van der Waals surface area contributed by atoms with Gasteiger partial charge in [0.25, 0.3) is 0 Å². The fourth-order valence-corrected chi connectivity index (χ4v) is 2.93. The molecule has 2 N–H and O–H groups in total. The Balaban J connectivity index is 1.37. The molecule has 0 bridgehead atoms. The van der Waals surface area contributed by atoms with Crippen molar-refractivity contribution in [2.24, 2.45) is 0 Å². The van der Waals surface area contributed by atoms with Gasteiger partial charge in [0.15, 0.2) is 0 Å². The molecule has 1 aromatic heterocycles. The molecule has 0 aromatic carbocycles. The van der Waals surface area contributed by atoms with Gasteiger partial charge in [0.05, 0.1) is 6.10 Å². The molecule has 22 heavy (non-hydrogen) atoms. The molecule has 120 valence electrons. The van der Waals surface area contributed by atoms with Crippen LogP contribution in [0.15, 0.2) is 18.5 Å². The Kier molecular flexibility index (Phi) is 5.05. The third kappa shape index (κ3) is 4.07. The first kappa shape index (κ1) is 15.0. The van der Waals surface area contributed by atoms with Crippen molar-refractivity contribution in [2.75, 3.05) is 31.1 Å². The molecule has 3 rings (SSSR count). The van der Waals surface area contributed by atoms with Crippen molar-refractivity contribution >= 4 is 12.0 Å². The molecule has 2 saturated heterocycles. The van der Waals surface area contributed by atoms with Gasteiger partial charge in [0.2, 0.25) is 5.95 Å². The van der Waals surface area contributed by atoms with Crippen LogP contribution in [-0.2, 0) is 4.74 Å². The van der Waals surface area contributed by atoms with Crippen LogP contribution >= 0.6 is 0 Å². The number of nitrogens with zero attached hydrogens (tertiary/aromatic N) is 3. The highest BCUT2D eigenvalue weighted by Gasteiger charge is 2.22. The topological polar surface area (TPSA) is 79.4 Å². The lowest BCUT2D eigenvalue weighted by molar-refractivity contribution is 0.111. The first-order valence-corrected chi connectivity index (χ1v) is 7.99. The molecular weight excluding hydrogens is 282 g/mol. The van der Waals surface area contributed by atoms with Gasteiger partial charge in [-0.1, -0.05) is 0 Å². The Morgan fingerprint density at radius 1 is 1.27 bits per heavy atom. The van der Waals surface area contributed by atoms with Gasteiger partial charge < -0.3 is 20.3 Å². The lowest BCUT2D eigenvalue weighted by Gasteiger charge is -2.32. The van der Waals surface area contributed by atoms with E-state index in [4.69, 9.17) is 4.74 Å². The number of nitrogens with one attached hydrogen (secondary N) is 2. The maximum atomic E-state index is 11.9. The summed E-state index contributed by atoms with van der Waals surface area (Å²) < 4.78 is 5.49. The number of amides is 2. The van der Waals surface area contributed by atoms with Crippen LogP contribution in [0.5, 0.6) is 0 Å². The Morgan fingerprint density at radius 3 is 2.73 bits per heavy atom. The monoisotopic (exact) mass is 305 g/mol. The fraction of sp³-hybridized carbons (Fsp3) is 0.667. The Labute approximate surface area is 130 Å². The van der Waals surface area contributed by atoms with Crippen LogP contribution in [0.4, 0.5) is 10.7 Å². The summed E-state index contributed by atoms with van der Waals surface area (Å²) in [7, 11) is 0. The Bertz CT molecular complexity index is 470. The Morgan fingerprint density at radius 2 is 2.05 bits per heavy atom. The molecule has 0 radical (unpaired) electrons. The fourth-order valence-electron chi connectivity index (χ4n) is 2.93. The van der Waals surface area contributed by atoms with Gasteiger partial charge in [-0.2, -0.15) is 0 Å². The summed E-state index contributed by atoms with van der Waals surface area (Å²) in [5.74, 6) is 0.767. The normalized spacial score (nSPS) is 22.5. The Hall–Kier alpha value is -1.89. The molecule has 2 amide bonds. The third-order valence-corrected chi connectivity index (χ3v) is 4.18. The number of piperidine rings is 1. The predicted molar refractivity (Wildman–Crippen MR) is 82.8 cm³/mol. The minimum atomic E-state index is -0.0927. The first-order valence-electron chi connectivity index (χ1n) is 7.99. The summed E-state index contributed by atoms with van der Waals surface area (Å²) in [6.45, 7) is 3.14.